The minimum Gasteiger partial charge on any atom is -0.352 e. The van der Waals surface area contributed by atoms with Gasteiger partial charge < -0.3 is 5.32 Å². The van der Waals surface area contributed by atoms with Crippen LogP contribution in [-0.4, -0.2) is 22.2 Å². The maximum Gasteiger partial charge on any atom is 0.244 e. The highest BCUT2D eigenvalue weighted by Gasteiger charge is 2.06. The van der Waals surface area contributed by atoms with E-state index in [1.165, 1.54) is 5.56 Å². The number of carbonyl (C=O) groups excluding carboxylic acids is 1. The molecule has 4 nitrogen and oxygen atoms in total. The number of amides is 1. The largest absolute Gasteiger partial charge is 0.352 e. The van der Waals surface area contributed by atoms with Gasteiger partial charge in [-0.2, -0.15) is 5.10 Å². The Morgan fingerprint density at radius 3 is 2.52 bits per heavy atom. The fourth-order valence-corrected chi connectivity index (χ4v) is 2.53. The quantitative estimate of drug-likeness (QED) is 0.698. The number of nitrogens with one attached hydrogen (secondary N) is 1. The van der Waals surface area contributed by atoms with E-state index in [-0.39, 0.29) is 11.8 Å². The molecule has 1 amide bonds. The van der Waals surface area contributed by atoms with Crippen molar-refractivity contribution in [2.45, 2.75) is 12.8 Å². The van der Waals surface area contributed by atoms with Crippen LogP contribution in [0.2, 0.25) is 0 Å². The van der Waals surface area contributed by atoms with Gasteiger partial charge in [-0.3, -0.25) is 4.79 Å². The van der Waals surface area contributed by atoms with Crippen molar-refractivity contribution in [3.05, 3.63) is 90.3 Å². The molecule has 0 aliphatic heterocycles. The molecule has 4 heteroatoms. The van der Waals surface area contributed by atoms with Crippen molar-refractivity contribution in [3.63, 3.8) is 0 Å². The SMILES string of the molecule is C[C@H](CNC(=O)/C=C/c1cnn(-c2ccccc2)c1)c1ccccc1. The van der Waals surface area contributed by atoms with E-state index in [1.807, 2.05) is 54.7 Å². The fraction of sp³-hybridized carbons (Fsp3) is 0.143. The van der Waals surface area contributed by atoms with E-state index in [1.54, 1.807) is 23.0 Å². The van der Waals surface area contributed by atoms with Gasteiger partial charge in [-0.1, -0.05) is 55.5 Å². The molecule has 1 N–H and O–H groups in total. The second-order valence-electron chi connectivity index (χ2n) is 5.94. The maximum atomic E-state index is 12.0. The molecule has 0 unspecified atom stereocenters. The number of hydrogen-bond donors (Lipinski definition) is 1. The lowest BCUT2D eigenvalue weighted by Gasteiger charge is -2.11. The molecule has 0 saturated carbocycles. The molecule has 1 atom stereocenters. The molecule has 0 fully saturated rings. The Bertz CT molecular complexity index is 838. The fourth-order valence-electron chi connectivity index (χ4n) is 2.53. The Morgan fingerprint density at radius 1 is 1.12 bits per heavy atom. The van der Waals surface area contributed by atoms with E-state index in [2.05, 4.69) is 29.5 Å². The normalized spacial score (nSPS) is 12.2. The van der Waals surface area contributed by atoms with Crippen molar-refractivity contribution in [2.24, 2.45) is 0 Å². The van der Waals surface area contributed by atoms with Gasteiger partial charge >= 0.3 is 0 Å². The first kappa shape index (κ1) is 16.7. The highest BCUT2D eigenvalue weighted by atomic mass is 16.1. The van der Waals surface area contributed by atoms with Crippen LogP contribution in [0.3, 0.4) is 0 Å². The zero-order chi connectivity index (χ0) is 17.5. The van der Waals surface area contributed by atoms with Gasteiger partial charge in [0.1, 0.15) is 0 Å². The molecular weight excluding hydrogens is 310 g/mol. The van der Waals surface area contributed by atoms with Gasteiger partial charge in [-0.05, 0) is 29.7 Å². The van der Waals surface area contributed by atoms with Gasteiger partial charge in [-0.15, -0.1) is 0 Å². The van der Waals surface area contributed by atoms with Crippen molar-refractivity contribution in [2.75, 3.05) is 6.54 Å². The minimum atomic E-state index is -0.102. The molecule has 25 heavy (non-hydrogen) atoms. The summed E-state index contributed by atoms with van der Waals surface area (Å²) in [5.41, 5.74) is 3.09. The van der Waals surface area contributed by atoms with E-state index >= 15 is 0 Å². The first-order chi connectivity index (χ1) is 12.2. The van der Waals surface area contributed by atoms with Gasteiger partial charge in [-0.25, -0.2) is 4.68 Å². The first-order valence-electron chi connectivity index (χ1n) is 8.33. The van der Waals surface area contributed by atoms with Gasteiger partial charge in [0.25, 0.3) is 0 Å². The Hall–Kier alpha value is -3.14. The molecule has 0 spiro atoms. The average molecular weight is 331 g/mol. The summed E-state index contributed by atoms with van der Waals surface area (Å²) in [5, 5.41) is 7.25. The summed E-state index contributed by atoms with van der Waals surface area (Å²) in [7, 11) is 0. The standard InChI is InChI=1S/C21H21N3O/c1-17(19-8-4-2-5-9-19)14-22-21(25)13-12-18-15-23-24(16-18)20-10-6-3-7-11-20/h2-13,15-17H,14H2,1H3,(H,22,25)/b13-12+/t17-/m1/s1. The van der Waals surface area contributed by atoms with Gasteiger partial charge in [0.2, 0.25) is 5.91 Å². The van der Waals surface area contributed by atoms with Crippen molar-refractivity contribution in [1.29, 1.82) is 0 Å². The average Bonchev–Trinajstić information content (AvgIpc) is 3.15. The lowest BCUT2D eigenvalue weighted by atomic mass is 10.0. The Balaban J connectivity index is 1.54. The van der Waals surface area contributed by atoms with Crippen molar-refractivity contribution in [1.82, 2.24) is 15.1 Å². The van der Waals surface area contributed by atoms with Crippen LogP contribution in [0, 0.1) is 0 Å². The second-order valence-corrected chi connectivity index (χ2v) is 5.94. The molecule has 0 aliphatic rings. The van der Waals surface area contributed by atoms with Gasteiger partial charge in [0, 0.05) is 24.4 Å². The third-order valence-corrected chi connectivity index (χ3v) is 4.00. The highest BCUT2D eigenvalue weighted by molar-refractivity contribution is 5.91. The minimum absolute atomic E-state index is 0.102. The lowest BCUT2D eigenvalue weighted by Crippen LogP contribution is -2.25. The number of carbonyl (C=O) groups is 1. The molecule has 2 aromatic carbocycles. The van der Waals surface area contributed by atoms with Crippen LogP contribution >= 0.6 is 0 Å². The van der Waals surface area contributed by atoms with Crippen LogP contribution < -0.4 is 5.32 Å². The topological polar surface area (TPSA) is 46.9 Å². The van der Waals surface area contributed by atoms with E-state index < -0.39 is 0 Å². The van der Waals surface area contributed by atoms with Crippen LogP contribution in [-0.2, 0) is 4.79 Å². The molecule has 0 bridgehead atoms. The molecule has 3 aromatic rings. The highest BCUT2D eigenvalue weighted by Crippen LogP contribution is 2.13. The van der Waals surface area contributed by atoms with Crippen LogP contribution in [0.25, 0.3) is 11.8 Å². The number of hydrogen-bond acceptors (Lipinski definition) is 2. The monoisotopic (exact) mass is 331 g/mol. The summed E-state index contributed by atoms with van der Waals surface area (Å²) in [4.78, 5) is 12.0. The molecule has 3 rings (SSSR count). The van der Waals surface area contributed by atoms with Crippen LogP contribution in [0.15, 0.2) is 79.1 Å². The summed E-state index contributed by atoms with van der Waals surface area (Å²) in [6.45, 7) is 2.71. The third-order valence-electron chi connectivity index (χ3n) is 4.00. The zero-order valence-electron chi connectivity index (χ0n) is 14.2. The summed E-state index contributed by atoms with van der Waals surface area (Å²) in [5.74, 6) is 0.176. The summed E-state index contributed by atoms with van der Waals surface area (Å²) < 4.78 is 1.79. The number of aromatic nitrogens is 2. The third kappa shape index (κ3) is 4.67. The summed E-state index contributed by atoms with van der Waals surface area (Å²) in [6, 6.07) is 20.0. The summed E-state index contributed by atoms with van der Waals surface area (Å²) in [6.07, 6.45) is 6.95. The molecule has 0 aliphatic carbocycles. The van der Waals surface area contributed by atoms with Crippen LogP contribution in [0.4, 0.5) is 0 Å². The lowest BCUT2D eigenvalue weighted by molar-refractivity contribution is -0.116. The number of para-hydroxylation sites is 1. The molecular formula is C21H21N3O. The smallest absolute Gasteiger partial charge is 0.244 e. The van der Waals surface area contributed by atoms with Crippen LogP contribution in [0.5, 0.6) is 0 Å². The molecule has 126 valence electrons. The molecule has 0 saturated heterocycles. The van der Waals surface area contributed by atoms with Crippen molar-refractivity contribution in [3.8, 4) is 5.69 Å². The number of benzene rings is 2. The van der Waals surface area contributed by atoms with E-state index in [0.29, 0.717) is 6.54 Å². The van der Waals surface area contributed by atoms with Crippen molar-refractivity contribution < 1.29 is 4.79 Å². The molecule has 1 heterocycles. The van der Waals surface area contributed by atoms with Gasteiger partial charge in [0.15, 0.2) is 0 Å². The van der Waals surface area contributed by atoms with Crippen molar-refractivity contribution >= 4 is 12.0 Å². The Morgan fingerprint density at radius 2 is 1.80 bits per heavy atom. The zero-order valence-corrected chi connectivity index (χ0v) is 14.2. The Kier molecular flexibility index (Phi) is 5.42. The van der Waals surface area contributed by atoms with Crippen LogP contribution in [0.1, 0.15) is 24.0 Å². The van der Waals surface area contributed by atoms with E-state index in [9.17, 15) is 4.79 Å². The second kappa shape index (κ2) is 8.11. The van der Waals surface area contributed by atoms with E-state index in [4.69, 9.17) is 0 Å². The maximum absolute atomic E-state index is 12.0. The summed E-state index contributed by atoms with van der Waals surface area (Å²) >= 11 is 0. The number of rotatable bonds is 6. The predicted octanol–water partition coefficient (Wildman–Crippen LogP) is 3.81. The Labute approximate surface area is 147 Å². The molecule has 0 radical (unpaired) electrons. The first-order valence-corrected chi connectivity index (χ1v) is 8.33. The molecule has 1 aromatic heterocycles. The van der Waals surface area contributed by atoms with Gasteiger partial charge in [0.05, 0.1) is 11.9 Å². The predicted molar refractivity (Wildman–Crippen MR) is 100 cm³/mol. The van der Waals surface area contributed by atoms with E-state index in [0.717, 1.165) is 11.3 Å². The number of nitrogens with zero attached hydrogens (tertiary/aromatic N) is 2.